The number of Topliss-reactive ketones (excluding diaryl/α,β-unsaturated/α-hetero) is 1. The summed E-state index contributed by atoms with van der Waals surface area (Å²) in [6.07, 6.45) is 0. The lowest BCUT2D eigenvalue weighted by molar-refractivity contribution is -0.116. The van der Waals surface area contributed by atoms with E-state index in [0.29, 0.717) is 16.7 Å². The van der Waals surface area contributed by atoms with Crippen LogP contribution in [-0.4, -0.2) is 38.4 Å². The number of nitriles is 1. The van der Waals surface area contributed by atoms with Crippen molar-refractivity contribution >= 4 is 28.9 Å². The third-order valence-electron chi connectivity index (χ3n) is 4.06. The smallest absolute Gasteiger partial charge is 0.191 e. The summed E-state index contributed by atoms with van der Waals surface area (Å²) in [4.78, 5) is 16.8. The van der Waals surface area contributed by atoms with E-state index in [1.807, 2.05) is 48.1 Å². The van der Waals surface area contributed by atoms with Crippen LogP contribution in [0.15, 0.2) is 34.8 Å². The predicted molar refractivity (Wildman–Crippen MR) is 109 cm³/mol. The third kappa shape index (κ3) is 4.24. The van der Waals surface area contributed by atoms with E-state index in [0.717, 1.165) is 22.8 Å². The van der Waals surface area contributed by atoms with Crippen LogP contribution >= 0.6 is 23.1 Å². The minimum Gasteiger partial charge on any atom is -0.497 e. The minimum absolute atomic E-state index is 0.137. The number of thiazole rings is 1. The first-order valence-corrected chi connectivity index (χ1v) is 10.5. The molecule has 28 heavy (non-hydrogen) atoms. The van der Waals surface area contributed by atoms with Gasteiger partial charge in [-0.2, -0.15) is 5.26 Å². The number of ketones is 1. The average molecular weight is 414 g/mol. The van der Waals surface area contributed by atoms with E-state index in [9.17, 15) is 10.1 Å². The fourth-order valence-electron chi connectivity index (χ4n) is 2.62. The number of hydrogen-bond donors (Lipinski definition) is 0. The molecule has 0 fully saturated rings. The zero-order chi connectivity index (χ0) is 20.1. The van der Waals surface area contributed by atoms with Crippen molar-refractivity contribution in [2.75, 3.05) is 12.9 Å². The Bertz CT molecular complexity index is 1000. The van der Waals surface area contributed by atoms with E-state index in [2.05, 4.69) is 21.3 Å². The van der Waals surface area contributed by atoms with Gasteiger partial charge in [-0.3, -0.25) is 4.79 Å². The zero-order valence-electron chi connectivity index (χ0n) is 15.7. The van der Waals surface area contributed by atoms with Gasteiger partial charge in [0.15, 0.2) is 22.7 Å². The number of carbonyl (C=O) groups is 1. The van der Waals surface area contributed by atoms with E-state index in [1.165, 1.54) is 23.1 Å². The van der Waals surface area contributed by atoms with Gasteiger partial charge < -0.3 is 9.30 Å². The number of benzene rings is 1. The highest BCUT2D eigenvalue weighted by Crippen LogP contribution is 2.27. The lowest BCUT2D eigenvalue weighted by Gasteiger charge is -2.08. The molecule has 0 saturated heterocycles. The van der Waals surface area contributed by atoms with E-state index in [1.54, 1.807) is 7.11 Å². The Morgan fingerprint density at radius 3 is 2.68 bits per heavy atom. The standard InChI is InChI=1S/C19H19N5O2S2/c1-4-24-17(13-5-7-14(26-3)8-6-13)22-23-19(24)28-11-16(25)15(9-20)18-21-12(2)10-27-18/h5-8,10,15H,4,11H2,1-3H3/t15-/m1/s1. The van der Waals surface area contributed by atoms with Gasteiger partial charge in [0.2, 0.25) is 0 Å². The van der Waals surface area contributed by atoms with Crippen molar-refractivity contribution in [1.29, 1.82) is 5.26 Å². The Hall–Kier alpha value is -2.70. The fraction of sp³-hybridized carbons (Fsp3) is 0.316. The van der Waals surface area contributed by atoms with Crippen molar-refractivity contribution in [3.8, 4) is 23.2 Å². The fourth-order valence-corrected chi connectivity index (χ4v) is 4.39. The Labute approximate surface area is 171 Å². The predicted octanol–water partition coefficient (Wildman–Crippen LogP) is 3.71. The van der Waals surface area contributed by atoms with E-state index >= 15 is 0 Å². The molecule has 0 bridgehead atoms. The summed E-state index contributed by atoms with van der Waals surface area (Å²) >= 11 is 2.63. The van der Waals surface area contributed by atoms with Crippen LogP contribution in [0.4, 0.5) is 0 Å². The summed E-state index contributed by atoms with van der Waals surface area (Å²) in [5.74, 6) is 0.611. The summed E-state index contributed by atoms with van der Waals surface area (Å²) in [7, 11) is 1.62. The second kappa shape index (κ2) is 8.99. The van der Waals surface area contributed by atoms with Crippen molar-refractivity contribution in [2.45, 2.75) is 31.5 Å². The lowest BCUT2D eigenvalue weighted by Crippen LogP contribution is -2.13. The maximum absolute atomic E-state index is 12.6. The third-order valence-corrected chi connectivity index (χ3v) is 6.08. The monoisotopic (exact) mass is 413 g/mol. The Morgan fingerprint density at radius 2 is 2.11 bits per heavy atom. The van der Waals surface area contributed by atoms with Crippen LogP contribution in [0.25, 0.3) is 11.4 Å². The number of methoxy groups -OCH3 is 1. The van der Waals surface area contributed by atoms with Crippen molar-refractivity contribution < 1.29 is 9.53 Å². The maximum atomic E-state index is 12.6. The molecule has 2 aromatic heterocycles. The number of aryl methyl sites for hydroxylation is 1. The van der Waals surface area contributed by atoms with Gasteiger partial charge in [0.25, 0.3) is 0 Å². The molecule has 144 valence electrons. The van der Waals surface area contributed by atoms with Gasteiger partial charge in [0.05, 0.1) is 18.9 Å². The van der Waals surface area contributed by atoms with Crippen molar-refractivity contribution in [3.05, 3.63) is 40.3 Å². The molecular weight excluding hydrogens is 394 g/mol. The molecule has 0 amide bonds. The second-order valence-corrected chi connectivity index (χ2v) is 7.76. The molecule has 0 aliphatic carbocycles. The van der Waals surface area contributed by atoms with Crippen molar-refractivity contribution in [2.24, 2.45) is 0 Å². The molecule has 0 aliphatic heterocycles. The van der Waals surface area contributed by atoms with Gasteiger partial charge in [-0.1, -0.05) is 11.8 Å². The van der Waals surface area contributed by atoms with Crippen LogP contribution in [0.3, 0.4) is 0 Å². The molecule has 0 unspecified atom stereocenters. The highest BCUT2D eigenvalue weighted by molar-refractivity contribution is 7.99. The quantitative estimate of drug-likeness (QED) is 0.520. The highest BCUT2D eigenvalue weighted by atomic mass is 32.2. The Kier molecular flexibility index (Phi) is 6.44. The van der Waals surface area contributed by atoms with Gasteiger partial charge in [0.1, 0.15) is 10.8 Å². The van der Waals surface area contributed by atoms with Crippen LogP contribution in [0.5, 0.6) is 5.75 Å². The van der Waals surface area contributed by atoms with E-state index in [4.69, 9.17) is 4.74 Å². The minimum atomic E-state index is -0.842. The Morgan fingerprint density at radius 1 is 1.36 bits per heavy atom. The molecule has 1 atom stereocenters. The molecule has 9 heteroatoms. The van der Waals surface area contributed by atoms with Gasteiger partial charge >= 0.3 is 0 Å². The van der Waals surface area contributed by atoms with Gasteiger partial charge in [-0.05, 0) is 38.1 Å². The zero-order valence-corrected chi connectivity index (χ0v) is 17.4. The number of aromatic nitrogens is 4. The van der Waals surface area contributed by atoms with Crippen LogP contribution in [0.2, 0.25) is 0 Å². The molecule has 0 N–H and O–H groups in total. The maximum Gasteiger partial charge on any atom is 0.191 e. The molecule has 0 saturated carbocycles. The summed E-state index contributed by atoms with van der Waals surface area (Å²) in [5.41, 5.74) is 1.73. The second-order valence-electron chi connectivity index (χ2n) is 5.92. The summed E-state index contributed by atoms with van der Waals surface area (Å²) in [5, 5.41) is 20.9. The number of rotatable bonds is 8. The van der Waals surface area contributed by atoms with Gasteiger partial charge in [-0.25, -0.2) is 4.98 Å². The number of nitrogens with zero attached hydrogens (tertiary/aromatic N) is 5. The van der Waals surface area contributed by atoms with Crippen LogP contribution < -0.4 is 4.74 Å². The summed E-state index contributed by atoms with van der Waals surface area (Å²) < 4.78 is 7.14. The topological polar surface area (TPSA) is 93.7 Å². The highest BCUT2D eigenvalue weighted by Gasteiger charge is 2.24. The average Bonchev–Trinajstić information content (AvgIpc) is 3.33. The number of thioether (sulfide) groups is 1. The van der Waals surface area contributed by atoms with Crippen LogP contribution in [-0.2, 0) is 11.3 Å². The largest absolute Gasteiger partial charge is 0.497 e. The molecule has 0 radical (unpaired) electrons. The number of carbonyl (C=O) groups excluding carboxylic acids is 1. The number of hydrogen-bond acceptors (Lipinski definition) is 8. The first-order valence-electron chi connectivity index (χ1n) is 8.62. The van der Waals surface area contributed by atoms with Gasteiger partial charge in [0, 0.05) is 23.2 Å². The molecule has 3 rings (SSSR count). The molecule has 3 aromatic rings. The molecular formula is C19H19N5O2S2. The molecule has 0 spiro atoms. The summed E-state index contributed by atoms with van der Waals surface area (Å²) in [6.45, 7) is 4.51. The Balaban J connectivity index is 1.74. The van der Waals surface area contributed by atoms with E-state index in [-0.39, 0.29) is 11.5 Å². The van der Waals surface area contributed by atoms with Crippen LogP contribution in [0, 0.1) is 18.3 Å². The van der Waals surface area contributed by atoms with Crippen molar-refractivity contribution in [1.82, 2.24) is 19.7 Å². The molecule has 0 aliphatic rings. The normalized spacial score (nSPS) is 11.8. The number of ether oxygens (including phenoxy) is 1. The lowest BCUT2D eigenvalue weighted by atomic mass is 10.1. The molecule has 2 heterocycles. The SMILES string of the molecule is CCn1c(SCC(=O)[C@@H](C#N)c2nc(C)cs2)nnc1-c1ccc(OC)cc1. The molecule has 7 nitrogen and oxygen atoms in total. The first-order chi connectivity index (χ1) is 13.6. The van der Waals surface area contributed by atoms with E-state index < -0.39 is 5.92 Å². The first kappa shape index (κ1) is 20.0. The van der Waals surface area contributed by atoms with Crippen LogP contribution in [0.1, 0.15) is 23.5 Å². The molecule has 1 aromatic carbocycles. The van der Waals surface area contributed by atoms with Crippen molar-refractivity contribution in [3.63, 3.8) is 0 Å². The summed E-state index contributed by atoms with van der Waals surface area (Å²) in [6, 6.07) is 9.65. The van der Waals surface area contributed by atoms with Gasteiger partial charge in [-0.15, -0.1) is 21.5 Å².